The molecular weight excluding hydrogens is 415 g/mol. The lowest BCUT2D eigenvalue weighted by Crippen LogP contribution is -2.26. The Labute approximate surface area is 176 Å². The monoisotopic (exact) mass is 437 g/mol. The van der Waals surface area contributed by atoms with Gasteiger partial charge in [0.2, 0.25) is 0 Å². The standard InChI is InChI=1S/C21H22F3N3O4/c1-4-30-20(29)16-17(31-12-21(22,23)24)15-18(26(16)3)25-13(2)27(19(15)28)11-10-14-8-6-5-7-9-14/h5-9H,4,10-12H2,1-3H3. The first-order valence-electron chi connectivity index (χ1n) is 9.64. The molecule has 0 saturated heterocycles. The normalized spacial score (nSPS) is 11.7. The Hall–Kier alpha value is -3.30. The predicted molar refractivity (Wildman–Crippen MR) is 107 cm³/mol. The summed E-state index contributed by atoms with van der Waals surface area (Å²) in [5.74, 6) is -1.00. The highest BCUT2D eigenvalue weighted by Gasteiger charge is 2.33. The van der Waals surface area contributed by atoms with Crippen molar-refractivity contribution in [2.24, 2.45) is 7.05 Å². The molecule has 0 radical (unpaired) electrons. The SMILES string of the molecule is CCOC(=O)c1c(OCC(F)(F)F)c2c(=O)n(CCc3ccccc3)c(C)nc2n1C. The minimum absolute atomic E-state index is 0.00678. The van der Waals surface area contributed by atoms with Gasteiger partial charge in [-0.25, -0.2) is 9.78 Å². The molecule has 7 nitrogen and oxygen atoms in total. The number of halogens is 3. The molecule has 10 heteroatoms. The molecular formula is C21H22F3N3O4. The fraction of sp³-hybridized carbons (Fsp3) is 0.381. The van der Waals surface area contributed by atoms with Gasteiger partial charge in [-0.1, -0.05) is 30.3 Å². The Morgan fingerprint density at radius 2 is 1.87 bits per heavy atom. The molecule has 0 aliphatic rings. The average Bonchev–Trinajstić information content (AvgIpc) is 2.98. The first-order valence-corrected chi connectivity index (χ1v) is 9.64. The topological polar surface area (TPSA) is 75.3 Å². The molecule has 0 N–H and O–H groups in total. The number of benzene rings is 1. The zero-order valence-electron chi connectivity index (χ0n) is 17.3. The third-order valence-electron chi connectivity index (χ3n) is 4.75. The van der Waals surface area contributed by atoms with Crippen LogP contribution in [0.3, 0.4) is 0 Å². The number of fused-ring (bicyclic) bond motifs is 1. The Bertz CT molecular complexity index is 1150. The molecule has 3 aromatic rings. The summed E-state index contributed by atoms with van der Waals surface area (Å²) < 4.78 is 51.0. The van der Waals surface area contributed by atoms with Gasteiger partial charge in [0.25, 0.3) is 5.56 Å². The summed E-state index contributed by atoms with van der Waals surface area (Å²) in [6.45, 7) is 1.80. The number of ether oxygens (including phenoxy) is 2. The molecule has 0 amide bonds. The maximum atomic E-state index is 13.3. The van der Waals surface area contributed by atoms with Gasteiger partial charge in [-0.05, 0) is 25.8 Å². The van der Waals surface area contributed by atoms with Gasteiger partial charge in [-0.2, -0.15) is 13.2 Å². The number of carbonyl (C=O) groups excluding carboxylic acids is 1. The van der Waals surface area contributed by atoms with E-state index < -0.39 is 30.1 Å². The molecule has 0 aliphatic carbocycles. The summed E-state index contributed by atoms with van der Waals surface area (Å²) in [5.41, 5.74) is 0.175. The second-order valence-electron chi connectivity index (χ2n) is 6.91. The molecule has 166 valence electrons. The van der Waals surface area contributed by atoms with Crippen LogP contribution >= 0.6 is 0 Å². The van der Waals surface area contributed by atoms with Gasteiger partial charge in [0.15, 0.2) is 23.7 Å². The molecule has 0 unspecified atom stereocenters. The highest BCUT2D eigenvalue weighted by Crippen LogP contribution is 2.31. The van der Waals surface area contributed by atoms with E-state index in [0.717, 1.165) is 5.56 Å². The summed E-state index contributed by atoms with van der Waals surface area (Å²) in [6.07, 6.45) is -4.14. The summed E-state index contributed by atoms with van der Waals surface area (Å²) in [4.78, 5) is 30.1. The Morgan fingerprint density at radius 1 is 1.19 bits per heavy atom. The smallest absolute Gasteiger partial charge is 0.422 e. The van der Waals surface area contributed by atoms with Crippen molar-refractivity contribution in [3.05, 3.63) is 57.8 Å². The van der Waals surface area contributed by atoms with E-state index in [2.05, 4.69) is 4.98 Å². The maximum absolute atomic E-state index is 13.3. The van der Waals surface area contributed by atoms with Gasteiger partial charge in [0.1, 0.15) is 11.2 Å². The molecule has 0 spiro atoms. The van der Waals surface area contributed by atoms with Crippen molar-refractivity contribution in [1.29, 1.82) is 0 Å². The first kappa shape index (κ1) is 22.4. The van der Waals surface area contributed by atoms with Crippen molar-refractivity contribution in [2.75, 3.05) is 13.2 Å². The Balaban J connectivity index is 2.14. The van der Waals surface area contributed by atoms with E-state index in [1.54, 1.807) is 13.8 Å². The third-order valence-corrected chi connectivity index (χ3v) is 4.75. The van der Waals surface area contributed by atoms with Gasteiger partial charge in [0.05, 0.1) is 6.61 Å². The van der Waals surface area contributed by atoms with Crippen LogP contribution in [0.5, 0.6) is 5.75 Å². The van der Waals surface area contributed by atoms with Crippen LogP contribution in [0.25, 0.3) is 11.0 Å². The van der Waals surface area contributed by atoms with Gasteiger partial charge in [-0.15, -0.1) is 0 Å². The molecule has 0 aliphatic heterocycles. The molecule has 0 bridgehead atoms. The fourth-order valence-electron chi connectivity index (χ4n) is 3.34. The zero-order chi connectivity index (χ0) is 22.8. The number of rotatable bonds is 7. The Morgan fingerprint density at radius 3 is 2.48 bits per heavy atom. The van der Waals surface area contributed by atoms with Crippen molar-refractivity contribution in [3.8, 4) is 5.75 Å². The van der Waals surface area contributed by atoms with E-state index in [9.17, 15) is 22.8 Å². The molecule has 31 heavy (non-hydrogen) atoms. The predicted octanol–water partition coefficient (Wildman–Crippen LogP) is 3.40. The number of esters is 1. The van der Waals surface area contributed by atoms with Crippen LogP contribution in [0.2, 0.25) is 0 Å². The molecule has 0 atom stereocenters. The van der Waals surface area contributed by atoms with Crippen molar-refractivity contribution < 1.29 is 27.4 Å². The van der Waals surface area contributed by atoms with Crippen LogP contribution in [0.15, 0.2) is 35.1 Å². The first-order chi connectivity index (χ1) is 14.6. The molecule has 0 fully saturated rings. The number of hydrogen-bond donors (Lipinski definition) is 0. The fourth-order valence-corrected chi connectivity index (χ4v) is 3.34. The Kier molecular flexibility index (Phi) is 6.37. The highest BCUT2D eigenvalue weighted by atomic mass is 19.4. The lowest BCUT2D eigenvalue weighted by atomic mass is 10.1. The van der Waals surface area contributed by atoms with Crippen LogP contribution in [0.1, 0.15) is 28.8 Å². The lowest BCUT2D eigenvalue weighted by molar-refractivity contribution is -0.153. The van der Waals surface area contributed by atoms with Crippen molar-refractivity contribution in [3.63, 3.8) is 0 Å². The van der Waals surface area contributed by atoms with Gasteiger partial charge in [-0.3, -0.25) is 9.36 Å². The number of carbonyl (C=O) groups is 1. The van der Waals surface area contributed by atoms with Crippen molar-refractivity contribution >= 4 is 17.0 Å². The van der Waals surface area contributed by atoms with Crippen LogP contribution < -0.4 is 10.3 Å². The zero-order valence-corrected chi connectivity index (χ0v) is 17.3. The van der Waals surface area contributed by atoms with Crippen molar-refractivity contribution in [1.82, 2.24) is 14.1 Å². The summed E-state index contributed by atoms with van der Waals surface area (Å²) >= 11 is 0. The number of nitrogens with zero attached hydrogens (tertiary/aromatic N) is 3. The highest BCUT2D eigenvalue weighted by molar-refractivity contribution is 6.00. The number of aromatic nitrogens is 3. The maximum Gasteiger partial charge on any atom is 0.422 e. The molecule has 0 saturated carbocycles. The summed E-state index contributed by atoms with van der Waals surface area (Å²) in [5, 5.41) is -0.187. The minimum Gasteiger partial charge on any atom is -0.481 e. The van der Waals surface area contributed by atoms with Crippen LogP contribution in [0.4, 0.5) is 13.2 Å². The van der Waals surface area contributed by atoms with E-state index in [-0.39, 0.29) is 29.9 Å². The molecule has 1 aromatic carbocycles. The third kappa shape index (κ3) is 4.73. The van der Waals surface area contributed by atoms with E-state index in [1.807, 2.05) is 30.3 Å². The van der Waals surface area contributed by atoms with Gasteiger partial charge < -0.3 is 14.0 Å². The minimum atomic E-state index is -4.65. The van der Waals surface area contributed by atoms with E-state index in [1.165, 1.54) is 16.2 Å². The van der Waals surface area contributed by atoms with Crippen LogP contribution in [0, 0.1) is 6.92 Å². The average molecular weight is 437 g/mol. The van der Waals surface area contributed by atoms with Crippen LogP contribution in [-0.4, -0.2) is 39.5 Å². The lowest BCUT2D eigenvalue weighted by Gasteiger charge is -2.12. The molecule has 2 heterocycles. The largest absolute Gasteiger partial charge is 0.481 e. The number of hydrogen-bond acceptors (Lipinski definition) is 5. The van der Waals surface area contributed by atoms with E-state index >= 15 is 0 Å². The van der Waals surface area contributed by atoms with Gasteiger partial charge >= 0.3 is 12.1 Å². The molecule has 3 rings (SSSR count). The van der Waals surface area contributed by atoms with Crippen molar-refractivity contribution in [2.45, 2.75) is 33.0 Å². The quantitative estimate of drug-likeness (QED) is 0.530. The summed E-state index contributed by atoms with van der Waals surface area (Å²) in [7, 11) is 1.43. The van der Waals surface area contributed by atoms with Gasteiger partial charge in [0, 0.05) is 13.6 Å². The number of aryl methyl sites for hydroxylation is 3. The van der Waals surface area contributed by atoms with Crippen LogP contribution in [-0.2, 0) is 24.8 Å². The number of alkyl halides is 3. The summed E-state index contributed by atoms with van der Waals surface area (Å²) in [6, 6.07) is 9.44. The molecule has 2 aromatic heterocycles. The second kappa shape index (κ2) is 8.83. The second-order valence-corrected chi connectivity index (χ2v) is 6.91. The van der Waals surface area contributed by atoms with E-state index in [4.69, 9.17) is 9.47 Å². The van der Waals surface area contributed by atoms with E-state index in [0.29, 0.717) is 12.2 Å².